The maximum atomic E-state index is 10.6. The molecule has 1 aromatic heterocycles. The highest BCUT2D eigenvalue weighted by Crippen LogP contribution is 2.37. The topological polar surface area (TPSA) is 79.7 Å². The first-order valence-corrected chi connectivity index (χ1v) is 7.26. The molecule has 0 saturated heterocycles. The summed E-state index contributed by atoms with van der Waals surface area (Å²) in [5.41, 5.74) is 2.41. The molecule has 3 aromatic rings. The molecule has 120 valence electrons. The van der Waals surface area contributed by atoms with Crippen molar-refractivity contribution in [3.8, 4) is 22.8 Å². The lowest BCUT2D eigenvalue weighted by Crippen LogP contribution is -1.92. The number of pyridine rings is 1. The highest BCUT2D eigenvalue weighted by molar-refractivity contribution is 6.02. The summed E-state index contributed by atoms with van der Waals surface area (Å²) in [7, 11) is 1.54. The summed E-state index contributed by atoms with van der Waals surface area (Å²) < 4.78 is 5.26. The number of fused-ring (bicyclic) bond motifs is 1. The number of methoxy groups -OCH3 is 1. The first-order valence-electron chi connectivity index (χ1n) is 7.26. The highest BCUT2D eigenvalue weighted by atomic mass is 16.5. The Bertz CT molecular complexity index is 930. The maximum Gasteiger partial charge on any atom is 0.328 e. The van der Waals surface area contributed by atoms with E-state index in [0.717, 1.165) is 28.2 Å². The normalized spacial score (nSPS) is 11.0. The van der Waals surface area contributed by atoms with Gasteiger partial charge in [-0.25, -0.2) is 9.78 Å². The third-order valence-electron chi connectivity index (χ3n) is 3.69. The van der Waals surface area contributed by atoms with E-state index in [-0.39, 0.29) is 5.75 Å². The van der Waals surface area contributed by atoms with Crippen molar-refractivity contribution < 1.29 is 19.7 Å². The summed E-state index contributed by atoms with van der Waals surface area (Å²) in [6.45, 7) is 0. The molecule has 3 rings (SSSR count). The quantitative estimate of drug-likeness (QED) is 0.716. The van der Waals surface area contributed by atoms with Crippen LogP contribution in [0.5, 0.6) is 11.6 Å². The van der Waals surface area contributed by atoms with E-state index in [0.29, 0.717) is 11.3 Å². The van der Waals surface area contributed by atoms with Gasteiger partial charge >= 0.3 is 5.97 Å². The first-order chi connectivity index (χ1) is 11.6. The van der Waals surface area contributed by atoms with Gasteiger partial charge in [-0.1, -0.05) is 30.3 Å². The summed E-state index contributed by atoms with van der Waals surface area (Å²) >= 11 is 0. The van der Waals surface area contributed by atoms with Gasteiger partial charge in [0.15, 0.2) is 0 Å². The van der Waals surface area contributed by atoms with Crippen LogP contribution >= 0.6 is 0 Å². The number of benzene rings is 2. The van der Waals surface area contributed by atoms with Crippen molar-refractivity contribution in [3.05, 3.63) is 60.3 Å². The number of phenolic OH excluding ortho intramolecular Hbond substituents is 1. The Morgan fingerprint density at radius 1 is 1.17 bits per heavy atom. The molecule has 0 atom stereocenters. The third kappa shape index (κ3) is 2.92. The van der Waals surface area contributed by atoms with Crippen LogP contribution in [-0.2, 0) is 4.79 Å². The predicted molar refractivity (Wildman–Crippen MR) is 92.1 cm³/mol. The fourth-order valence-electron chi connectivity index (χ4n) is 2.58. The predicted octanol–water partition coefficient (Wildman–Crippen LogP) is 3.71. The summed E-state index contributed by atoms with van der Waals surface area (Å²) in [5, 5.41) is 20.3. The average Bonchev–Trinajstić information content (AvgIpc) is 2.60. The largest absolute Gasteiger partial charge is 0.507 e. The molecule has 0 saturated carbocycles. The maximum absolute atomic E-state index is 10.6. The molecular weight excluding hydrogens is 306 g/mol. The first kappa shape index (κ1) is 15.6. The standard InChI is InChI=1S/C19H15NO4/c1-24-19-14-3-2-4-16(21)18(14)15(11-20-19)13-8-5-12(6-9-13)7-10-17(22)23/h2-11,21H,1H3,(H,22,23). The van der Waals surface area contributed by atoms with Gasteiger partial charge in [0, 0.05) is 28.6 Å². The van der Waals surface area contributed by atoms with Gasteiger partial charge in [0.05, 0.1) is 7.11 Å². The minimum atomic E-state index is -0.991. The van der Waals surface area contributed by atoms with Crippen LogP contribution in [0.2, 0.25) is 0 Å². The fourth-order valence-corrected chi connectivity index (χ4v) is 2.58. The Labute approximate surface area is 138 Å². The Morgan fingerprint density at radius 3 is 2.58 bits per heavy atom. The van der Waals surface area contributed by atoms with Gasteiger partial charge in [-0.05, 0) is 29.3 Å². The fraction of sp³-hybridized carbons (Fsp3) is 0.0526. The zero-order valence-corrected chi connectivity index (χ0v) is 12.9. The van der Waals surface area contributed by atoms with Crippen molar-refractivity contribution >= 4 is 22.8 Å². The number of carboxylic acids is 1. The molecule has 1 heterocycles. The average molecular weight is 321 g/mol. The van der Waals surface area contributed by atoms with Crippen LogP contribution in [0, 0.1) is 0 Å². The van der Waals surface area contributed by atoms with Crippen molar-refractivity contribution in [3.63, 3.8) is 0 Å². The monoisotopic (exact) mass is 321 g/mol. The molecule has 24 heavy (non-hydrogen) atoms. The number of aromatic hydroxyl groups is 1. The molecular formula is C19H15NO4. The molecule has 0 aliphatic heterocycles. The zero-order valence-electron chi connectivity index (χ0n) is 12.9. The van der Waals surface area contributed by atoms with Crippen LogP contribution in [0.1, 0.15) is 5.56 Å². The Hall–Kier alpha value is -3.34. The van der Waals surface area contributed by atoms with E-state index in [4.69, 9.17) is 9.84 Å². The number of aliphatic carboxylic acids is 1. The lowest BCUT2D eigenvalue weighted by molar-refractivity contribution is -0.131. The molecule has 0 spiro atoms. The van der Waals surface area contributed by atoms with Crippen molar-refractivity contribution in [2.45, 2.75) is 0 Å². The van der Waals surface area contributed by atoms with E-state index in [1.165, 1.54) is 13.2 Å². The Balaban J connectivity index is 2.11. The second kappa shape index (κ2) is 6.42. The van der Waals surface area contributed by atoms with Crippen LogP contribution in [0.25, 0.3) is 28.0 Å². The lowest BCUT2D eigenvalue weighted by atomic mass is 9.99. The molecule has 5 heteroatoms. The highest BCUT2D eigenvalue weighted by Gasteiger charge is 2.12. The molecule has 0 unspecified atom stereocenters. The number of phenols is 1. The van der Waals surface area contributed by atoms with E-state index in [2.05, 4.69) is 4.98 Å². The van der Waals surface area contributed by atoms with E-state index in [1.807, 2.05) is 30.3 Å². The molecule has 0 aliphatic carbocycles. The molecule has 0 amide bonds. The van der Waals surface area contributed by atoms with Gasteiger partial charge in [-0.3, -0.25) is 0 Å². The lowest BCUT2D eigenvalue weighted by Gasteiger charge is -2.11. The van der Waals surface area contributed by atoms with E-state index in [1.54, 1.807) is 18.3 Å². The van der Waals surface area contributed by atoms with Gasteiger partial charge in [0.2, 0.25) is 5.88 Å². The SMILES string of the molecule is COc1ncc(-c2ccc(C=CC(=O)O)cc2)c2c(O)cccc12. The second-order valence-electron chi connectivity index (χ2n) is 5.17. The number of nitrogens with zero attached hydrogens (tertiary/aromatic N) is 1. The molecule has 0 bridgehead atoms. The summed E-state index contributed by atoms with van der Waals surface area (Å²) in [4.78, 5) is 14.9. The van der Waals surface area contributed by atoms with Crippen molar-refractivity contribution in [1.82, 2.24) is 4.98 Å². The van der Waals surface area contributed by atoms with E-state index in [9.17, 15) is 9.90 Å². The molecule has 2 aromatic carbocycles. The summed E-state index contributed by atoms with van der Waals surface area (Å²) in [6, 6.07) is 12.5. The van der Waals surface area contributed by atoms with Crippen LogP contribution in [0.15, 0.2) is 54.7 Å². The Morgan fingerprint density at radius 2 is 1.92 bits per heavy atom. The zero-order chi connectivity index (χ0) is 17.1. The smallest absolute Gasteiger partial charge is 0.328 e. The number of hydrogen-bond acceptors (Lipinski definition) is 4. The summed E-state index contributed by atoms with van der Waals surface area (Å²) in [6.07, 6.45) is 4.27. The van der Waals surface area contributed by atoms with E-state index >= 15 is 0 Å². The van der Waals surface area contributed by atoms with Gasteiger partial charge in [0.1, 0.15) is 5.75 Å². The van der Waals surface area contributed by atoms with Crippen LogP contribution in [0.3, 0.4) is 0 Å². The molecule has 5 nitrogen and oxygen atoms in total. The van der Waals surface area contributed by atoms with Gasteiger partial charge in [-0.15, -0.1) is 0 Å². The van der Waals surface area contributed by atoms with Crippen LogP contribution in [0.4, 0.5) is 0 Å². The van der Waals surface area contributed by atoms with Crippen molar-refractivity contribution in [2.24, 2.45) is 0 Å². The minimum Gasteiger partial charge on any atom is -0.507 e. The van der Waals surface area contributed by atoms with Crippen molar-refractivity contribution in [2.75, 3.05) is 7.11 Å². The number of hydrogen-bond donors (Lipinski definition) is 2. The number of aromatic nitrogens is 1. The van der Waals surface area contributed by atoms with Crippen LogP contribution < -0.4 is 4.74 Å². The molecule has 0 fully saturated rings. The van der Waals surface area contributed by atoms with Gasteiger partial charge < -0.3 is 14.9 Å². The summed E-state index contributed by atoms with van der Waals surface area (Å²) in [5.74, 6) is -0.391. The second-order valence-corrected chi connectivity index (χ2v) is 5.17. The van der Waals surface area contributed by atoms with E-state index < -0.39 is 5.97 Å². The molecule has 0 aliphatic rings. The van der Waals surface area contributed by atoms with Crippen molar-refractivity contribution in [1.29, 1.82) is 0 Å². The Kier molecular flexibility index (Phi) is 4.16. The van der Waals surface area contributed by atoms with Gasteiger partial charge in [0.25, 0.3) is 0 Å². The number of ether oxygens (including phenoxy) is 1. The molecule has 2 N–H and O–H groups in total. The third-order valence-corrected chi connectivity index (χ3v) is 3.69. The molecule has 0 radical (unpaired) electrons. The number of carbonyl (C=O) groups is 1. The van der Waals surface area contributed by atoms with Gasteiger partial charge in [-0.2, -0.15) is 0 Å². The minimum absolute atomic E-state index is 0.151. The number of carboxylic acid groups (broad SMARTS) is 1. The number of rotatable bonds is 4. The van der Waals surface area contributed by atoms with Crippen LogP contribution in [-0.4, -0.2) is 28.3 Å².